The summed E-state index contributed by atoms with van der Waals surface area (Å²) in [6.45, 7) is 2.96. The van der Waals surface area contributed by atoms with E-state index in [4.69, 9.17) is 5.11 Å². The lowest BCUT2D eigenvalue weighted by atomic mass is 9.86. The van der Waals surface area contributed by atoms with Gasteiger partial charge in [0.2, 0.25) is 0 Å². The molecule has 0 atom stereocenters. The molecule has 2 aromatic rings. The molecule has 0 aromatic carbocycles. The average molecular weight is 449 g/mol. The standard InChI is InChI=1S/C21H28N4O3S2/c1-15-6-8-17(9-7-15)25(11-3-5-16-4-2-10-22-12-16)21(28)24-20-23-13-19(30-20)29-14-18(26)27/h2,4,10,12-13,15,17H,3,5-9,11,14H2,1H3,(H,26,27)(H,23,24,28). The predicted octanol–water partition coefficient (Wildman–Crippen LogP) is 4.76. The summed E-state index contributed by atoms with van der Waals surface area (Å²) >= 11 is 2.52. The zero-order valence-corrected chi connectivity index (χ0v) is 18.8. The third kappa shape index (κ3) is 6.98. The zero-order valence-electron chi connectivity index (χ0n) is 17.1. The maximum absolute atomic E-state index is 13.1. The Labute approximate surface area is 185 Å². The number of carboxylic acid groups (broad SMARTS) is 1. The van der Waals surface area contributed by atoms with E-state index in [0.29, 0.717) is 17.6 Å². The SMILES string of the molecule is CC1CCC(N(CCCc2cccnc2)C(=O)Nc2ncc(SCC(=O)O)s2)CC1. The first-order chi connectivity index (χ1) is 14.5. The maximum atomic E-state index is 13.1. The van der Waals surface area contributed by atoms with Crippen LogP contribution in [-0.4, -0.2) is 50.3 Å². The van der Waals surface area contributed by atoms with Crippen LogP contribution in [-0.2, 0) is 11.2 Å². The highest BCUT2D eigenvalue weighted by atomic mass is 32.2. The molecule has 1 saturated carbocycles. The van der Waals surface area contributed by atoms with E-state index in [1.165, 1.54) is 28.7 Å². The van der Waals surface area contributed by atoms with Gasteiger partial charge in [-0.15, -0.1) is 11.8 Å². The summed E-state index contributed by atoms with van der Waals surface area (Å²) in [5.74, 6) is -0.171. The Morgan fingerprint density at radius 1 is 1.30 bits per heavy atom. The highest BCUT2D eigenvalue weighted by Gasteiger charge is 2.27. The van der Waals surface area contributed by atoms with Gasteiger partial charge in [0.15, 0.2) is 5.13 Å². The number of carbonyl (C=O) groups is 2. The second kappa shape index (κ2) is 11.3. The largest absolute Gasteiger partial charge is 0.481 e. The number of pyridine rings is 1. The molecule has 3 rings (SSSR count). The number of hydrogen-bond acceptors (Lipinski definition) is 6. The lowest BCUT2D eigenvalue weighted by molar-refractivity contribution is -0.133. The third-order valence-electron chi connectivity index (χ3n) is 5.31. The Morgan fingerprint density at radius 2 is 2.10 bits per heavy atom. The van der Waals surface area contributed by atoms with Crippen molar-refractivity contribution < 1.29 is 14.7 Å². The van der Waals surface area contributed by atoms with Crippen molar-refractivity contribution in [3.05, 3.63) is 36.3 Å². The van der Waals surface area contributed by atoms with Gasteiger partial charge in [-0.05, 0) is 56.1 Å². The van der Waals surface area contributed by atoms with Gasteiger partial charge in [-0.3, -0.25) is 15.1 Å². The van der Waals surface area contributed by atoms with Crippen LogP contribution in [0.5, 0.6) is 0 Å². The fourth-order valence-corrected chi connectivity index (χ4v) is 5.27. The van der Waals surface area contributed by atoms with Crippen LogP contribution in [0, 0.1) is 5.92 Å². The topological polar surface area (TPSA) is 95.4 Å². The van der Waals surface area contributed by atoms with Crippen LogP contribution < -0.4 is 5.32 Å². The van der Waals surface area contributed by atoms with Gasteiger partial charge in [0.05, 0.1) is 16.2 Å². The minimum Gasteiger partial charge on any atom is -0.481 e. The van der Waals surface area contributed by atoms with E-state index in [1.54, 1.807) is 12.4 Å². The molecule has 162 valence electrons. The molecule has 9 heteroatoms. The number of urea groups is 1. The number of aromatic nitrogens is 2. The molecule has 2 N–H and O–H groups in total. The molecule has 0 radical (unpaired) electrons. The van der Waals surface area contributed by atoms with Crippen molar-refractivity contribution in [2.24, 2.45) is 5.92 Å². The van der Waals surface area contributed by atoms with Crippen molar-refractivity contribution in [3.8, 4) is 0 Å². The number of nitrogens with zero attached hydrogens (tertiary/aromatic N) is 3. The van der Waals surface area contributed by atoms with Gasteiger partial charge in [0.1, 0.15) is 0 Å². The highest BCUT2D eigenvalue weighted by molar-refractivity contribution is 8.01. The summed E-state index contributed by atoms with van der Waals surface area (Å²) in [5, 5.41) is 12.2. The second-order valence-corrected chi connectivity index (χ2v) is 9.98. The number of amides is 2. The molecule has 2 aromatic heterocycles. The van der Waals surface area contributed by atoms with E-state index in [0.717, 1.165) is 42.7 Å². The molecule has 7 nitrogen and oxygen atoms in total. The molecule has 1 aliphatic rings. The summed E-state index contributed by atoms with van der Waals surface area (Å²) in [6.07, 6.45) is 11.4. The number of aryl methyl sites for hydroxylation is 1. The van der Waals surface area contributed by atoms with Crippen LogP contribution in [0.25, 0.3) is 0 Å². The molecule has 0 aliphatic heterocycles. The van der Waals surface area contributed by atoms with Gasteiger partial charge in [-0.1, -0.05) is 24.3 Å². The summed E-state index contributed by atoms with van der Waals surface area (Å²) < 4.78 is 0.780. The van der Waals surface area contributed by atoms with Crippen LogP contribution in [0.1, 0.15) is 44.6 Å². The van der Waals surface area contributed by atoms with Gasteiger partial charge in [0, 0.05) is 25.0 Å². The minimum atomic E-state index is -0.870. The summed E-state index contributed by atoms with van der Waals surface area (Å²) in [5.41, 5.74) is 1.18. The molecule has 30 heavy (non-hydrogen) atoms. The minimum absolute atomic E-state index is 0.0176. The van der Waals surface area contributed by atoms with Crippen molar-refractivity contribution in [1.82, 2.24) is 14.9 Å². The molecule has 2 amide bonds. The molecular weight excluding hydrogens is 420 g/mol. The van der Waals surface area contributed by atoms with Crippen LogP contribution in [0.3, 0.4) is 0 Å². The highest BCUT2D eigenvalue weighted by Crippen LogP contribution is 2.30. The van der Waals surface area contributed by atoms with Gasteiger partial charge in [-0.2, -0.15) is 0 Å². The summed E-state index contributed by atoms with van der Waals surface area (Å²) in [7, 11) is 0. The second-order valence-electron chi connectivity index (χ2n) is 7.67. The van der Waals surface area contributed by atoms with Crippen molar-refractivity contribution in [1.29, 1.82) is 0 Å². The van der Waals surface area contributed by atoms with E-state index in [-0.39, 0.29) is 17.8 Å². The average Bonchev–Trinajstić information content (AvgIpc) is 3.18. The van der Waals surface area contributed by atoms with Crippen molar-refractivity contribution >= 4 is 40.2 Å². The van der Waals surface area contributed by atoms with Crippen LogP contribution in [0.2, 0.25) is 0 Å². The van der Waals surface area contributed by atoms with E-state index in [9.17, 15) is 9.59 Å². The number of hydrogen-bond donors (Lipinski definition) is 2. The van der Waals surface area contributed by atoms with Crippen LogP contribution in [0.15, 0.2) is 34.9 Å². The third-order valence-corrected chi connectivity index (χ3v) is 7.40. The predicted molar refractivity (Wildman–Crippen MR) is 120 cm³/mol. The molecule has 2 heterocycles. The fraction of sp³-hybridized carbons (Fsp3) is 0.524. The van der Waals surface area contributed by atoms with Gasteiger partial charge < -0.3 is 10.0 Å². The maximum Gasteiger partial charge on any atom is 0.323 e. The van der Waals surface area contributed by atoms with Crippen LogP contribution >= 0.6 is 23.1 Å². The first-order valence-corrected chi connectivity index (χ1v) is 12.1. The fourth-order valence-electron chi connectivity index (χ4n) is 3.68. The Balaban J connectivity index is 1.60. The number of rotatable bonds is 9. The molecule has 0 saturated heterocycles. The Hall–Kier alpha value is -2.13. The van der Waals surface area contributed by atoms with Crippen molar-refractivity contribution in [2.45, 2.75) is 55.7 Å². The van der Waals surface area contributed by atoms with Crippen molar-refractivity contribution in [3.63, 3.8) is 0 Å². The normalized spacial score (nSPS) is 18.7. The molecule has 1 aliphatic carbocycles. The smallest absolute Gasteiger partial charge is 0.323 e. The number of carbonyl (C=O) groups excluding carboxylic acids is 1. The first-order valence-electron chi connectivity index (χ1n) is 10.3. The Morgan fingerprint density at radius 3 is 2.80 bits per heavy atom. The van der Waals surface area contributed by atoms with Crippen LogP contribution in [0.4, 0.5) is 9.93 Å². The molecule has 0 unspecified atom stereocenters. The summed E-state index contributed by atoms with van der Waals surface area (Å²) in [6, 6.07) is 4.12. The number of nitrogens with one attached hydrogen (secondary N) is 1. The quantitative estimate of drug-likeness (QED) is 0.537. The van der Waals surface area contributed by atoms with Gasteiger partial charge in [0.25, 0.3) is 0 Å². The number of carboxylic acids is 1. The first kappa shape index (κ1) is 22.6. The monoisotopic (exact) mass is 448 g/mol. The molecule has 1 fully saturated rings. The molecule has 0 spiro atoms. The van der Waals surface area contributed by atoms with Gasteiger partial charge >= 0.3 is 12.0 Å². The summed E-state index contributed by atoms with van der Waals surface area (Å²) in [4.78, 5) is 34.2. The molecule has 0 bridgehead atoms. The lowest BCUT2D eigenvalue weighted by Crippen LogP contribution is -2.45. The Kier molecular flexibility index (Phi) is 8.50. The van der Waals surface area contributed by atoms with E-state index < -0.39 is 5.97 Å². The lowest BCUT2D eigenvalue weighted by Gasteiger charge is -2.36. The van der Waals surface area contributed by atoms with Crippen molar-refractivity contribution in [2.75, 3.05) is 17.6 Å². The number of thiazole rings is 1. The number of anilines is 1. The zero-order chi connectivity index (χ0) is 21.3. The van der Waals surface area contributed by atoms with E-state index in [2.05, 4.69) is 28.3 Å². The number of aliphatic carboxylic acids is 1. The van der Waals surface area contributed by atoms with E-state index >= 15 is 0 Å². The molecular formula is C21H28N4O3S2. The number of thioether (sulfide) groups is 1. The Bertz CT molecular complexity index is 823. The van der Waals surface area contributed by atoms with E-state index in [1.807, 2.05) is 17.2 Å². The van der Waals surface area contributed by atoms with Gasteiger partial charge in [-0.25, -0.2) is 9.78 Å².